The lowest BCUT2D eigenvalue weighted by molar-refractivity contribution is 0.578. The molecule has 20 heavy (non-hydrogen) atoms. The first-order valence-corrected chi connectivity index (χ1v) is 7.15. The van der Waals surface area contributed by atoms with Gasteiger partial charge in [-0.2, -0.15) is 0 Å². The quantitative estimate of drug-likeness (QED) is 0.896. The molecule has 0 saturated carbocycles. The number of benzene rings is 1. The maximum atomic E-state index is 5.83. The van der Waals surface area contributed by atoms with Crippen molar-refractivity contribution in [3.63, 3.8) is 0 Å². The number of hydrogen-bond donors (Lipinski definition) is 2. The van der Waals surface area contributed by atoms with E-state index in [1.165, 1.54) is 38.0 Å². The number of nitrogens with two attached hydrogens (primary N) is 1. The summed E-state index contributed by atoms with van der Waals surface area (Å²) in [5.74, 6) is 0.521. The van der Waals surface area contributed by atoms with Crippen LogP contribution >= 0.6 is 0 Å². The first-order valence-electron chi connectivity index (χ1n) is 7.15. The summed E-state index contributed by atoms with van der Waals surface area (Å²) in [6, 6.07) is 12.3. The Hall–Kier alpha value is -2.23. The number of nitrogens with one attached hydrogen (secondary N) is 1. The van der Waals surface area contributed by atoms with Crippen LogP contribution in [0.25, 0.3) is 0 Å². The van der Waals surface area contributed by atoms with Crippen LogP contribution in [0.4, 0.5) is 22.9 Å². The van der Waals surface area contributed by atoms with Crippen LogP contribution in [0.2, 0.25) is 0 Å². The lowest BCUT2D eigenvalue weighted by Gasteiger charge is -2.28. The fourth-order valence-electron chi connectivity index (χ4n) is 2.59. The SMILES string of the molecule is Nc1ncccc1Nc1ccc(N2CCCCC2)cc1. The summed E-state index contributed by atoms with van der Waals surface area (Å²) in [4.78, 5) is 6.52. The van der Waals surface area contributed by atoms with Gasteiger partial charge in [0.25, 0.3) is 0 Å². The van der Waals surface area contributed by atoms with Gasteiger partial charge in [-0.1, -0.05) is 0 Å². The summed E-state index contributed by atoms with van der Waals surface area (Å²) in [6.45, 7) is 2.34. The van der Waals surface area contributed by atoms with Gasteiger partial charge in [0, 0.05) is 30.7 Å². The molecule has 0 atom stereocenters. The van der Waals surface area contributed by atoms with E-state index in [2.05, 4.69) is 39.5 Å². The highest BCUT2D eigenvalue weighted by Gasteiger charge is 2.10. The zero-order chi connectivity index (χ0) is 13.8. The normalized spacial score (nSPS) is 15.1. The first kappa shape index (κ1) is 12.8. The minimum absolute atomic E-state index is 0.521. The summed E-state index contributed by atoms with van der Waals surface area (Å²) in [5.41, 5.74) is 9.01. The average molecular weight is 268 g/mol. The van der Waals surface area contributed by atoms with E-state index in [4.69, 9.17) is 5.73 Å². The van der Waals surface area contributed by atoms with Crippen molar-refractivity contribution in [3.05, 3.63) is 42.6 Å². The summed E-state index contributed by atoms with van der Waals surface area (Å²) in [7, 11) is 0. The van der Waals surface area contributed by atoms with Crippen LogP contribution in [0, 0.1) is 0 Å². The summed E-state index contributed by atoms with van der Waals surface area (Å²) in [6.07, 6.45) is 5.65. The predicted octanol–water partition coefficient (Wildman–Crippen LogP) is 3.40. The Kier molecular flexibility index (Phi) is 3.72. The number of rotatable bonds is 3. The van der Waals surface area contributed by atoms with Crippen molar-refractivity contribution in [3.8, 4) is 0 Å². The van der Waals surface area contributed by atoms with Gasteiger partial charge in [-0.15, -0.1) is 0 Å². The predicted molar refractivity (Wildman–Crippen MR) is 84.4 cm³/mol. The second-order valence-electron chi connectivity index (χ2n) is 5.16. The molecular weight excluding hydrogens is 248 g/mol. The zero-order valence-corrected chi connectivity index (χ0v) is 11.5. The van der Waals surface area contributed by atoms with E-state index in [1.54, 1.807) is 6.20 Å². The van der Waals surface area contributed by atoms with Gasteiger partial charge in [0.05, 0.1) is 5.69 Å². The summed E-state index contributed by atoms with van der Waals surface area (Å²) in [5, 5.41) is 3.30. The molecule has 4 heteroatoms. The van der Waals surface area contributed by atoms with Crippen molar-refractivity contribution in [1.82, 2.24) is 4.98 Å². The third kappa shape index (κ3) is 2.85. The Balaban J connectivity index is 1.71. The highest BCUT2D eigenvalue weighted by Crippen LogP contribution is 2.25. The van der Waals surface area contributed by atoms with Crippen LogP contribution < -0.4 is 16.0 Å². The van der Waals surface area contributed by atoms with Crippen molar-refractivity contribution in [2.45, 2.75) is 19.3 Å². The van der Waals surface area contributed by atoms with Gasteiger partial charge in [-0.25, -0.2) is 4.98 Å². The molecule has 2 aromatic rings. The van der Waals surface area contributed by atoms with Crippen LogP contribution in [0.5, 0.6) is 0 Å². The number of anilines is 4. The monoisotopic (exact) mass is 268 g/mol. The molecule has 0 bridgehead atoms. The van der Waals surface area contributed by atoms with Gasteiger partial charge in [-0.05, 0) is 55.7 Å². The molecule has 0 radical (unpaired) electrons. The molecule has 1 fully saturated rings. The van der Waals surface area contributed by atoms with Crippen LogP contribution in [0.3, 0.4) is 0 Å². The third-order valence-corrected chi connectivity index (χ3v) is 3.71. The maximum absolute atomic E-state index is 5.83. The Labute approximate surface area is 119 Å². The van der Waals surface area contributed by atoms with Crippen LogP contribution in [0.1, 0.15) is 19.3 Å². The highest BCUT2D eigenvalue weighted by atomic mass is 15.1. The van der Waals surface area contributed by atoms with Crippen molar-refractivity contribution in [2.24, 2.45) is 0 Å². The van der Waals surface area contributed by atoms with E-state index in [9.17, 15) is 0 Å². The van der Waals surface area contributed by atoms with E-state index in [0.29, 0.717) is 5.82 Å². The largest absolute Gasteiger partial charge is 0.382 e. The van der Waals surface area contributed by atoms with E-state index in [0.717, 1.165) is 11.4 Å². The van der Waals surface area contributed by atoms with Crippen molar-refractivity contribution >= 4 is 22.9 Å². The fourth-order valence-corrected chi connectivity index (χ4v) is 2.59. The first-order chi connectivity index (χ1) is 9.83. The maximum Gasteiger partial charge on any atom is 0.147 e. The number of nitrogens with zero attached hydrogens (tertiary/aromatic N) is 2. The highest BCUT2D eigenvalue weighted by molar-refractivity contribution is 5.70. The minimum atomic E-state index is 0.521. The molecule has 0 spiro atoms. The lowest BCUT2D eigenvalue weighted by atomic mass is 10.1. The summed E-state index contributed by atoms with van der Waals surface area (Å²) < 4.78 is 0. The van der Waals surface area contributed by atoms with Crippen LogP contribution in [-0.2, 0) is 0 Å². The van der Waals surface area contributed by atoms with E-state index >= 15 is 0 Å². The number of aromatic nitrogens is 1. The molecule has 0 unspecified atom stereocenters. The fraction of sp³-hybridized carbons (Fsp3) is 0.312. The van der Waals surface area contributed by atoms with E-state index in [-0.39, 0.29) is 0 Å². The molecule has 1 saturated heterocycles. The topological polar surface area (TPSA) is 54.2 Å². The van der Waals surface area contributed by atoms with Crippen LogP contribution in [0.15, 0.2) is 42.6 Å². The Morgan fingerprint density at radius 1 is 1.00 bits per heavy atom. The number of pyridine rings is 1. The zero-order valence-electron chi connectivity index (χ0n) is 11.5. The second kappa shape index (κ2) is 5.82. The Bertz CT molecular complexity index is 559. The van der Waals surface area contributed by atoms with E-state index in [1.807, 2.05) is 12.1 Å². The molecule has 1 aromatic heterocycles. The lowest BCUT2D eigenvalue weighted by Crippen LogP contribution is -2.29. The molecule has 2 heterocycles. The summed E-state index contributed by atoms with van der Waals surface area (Å²) >= 11 is 0. The van der Waals surface area contributed by atoms with Crippen molar-refractivity contribution < 1.29 is 0 Å². The molecule has 3 rings (SSSR count). The van der Waals surface area contributed by atoms with Crippen LogP contribution in [-0.4, -0.2) is 18.1 Å². The van der Waals surface area contributed by atoms with Gasteiger partial charge < -0.3 is 16.0 Å². The minimum Gasteiger partial charge on any atom is -0.382 e. The second-order valence-corrected chi connectivity index (χ2v) is 5.16. The average Bonchev–Trinajstić information content (AvgIpc) is 2.51. The molecule has 0 amide bonds. The van der Waals surface area contributed by atoms with Gasteiger partial charge in [0.1, 0.15) is 5.82 Å². The molecule has 104 valence electrons. The number of piperidine rings is 1. The standard InChI is InChI=1S/C16H20N4/c17-16-15(5-4-10-18-16)19-13-6-8-14(9-7-13)20-11-2-1-3-12-20/h4-10,19H,1-3,11-12H2,(H2,17,18). The molecule has 1 aliphatic heterocycles. The molecule has 0 aliphatic carbocycles. The Morgan fingerprint density at radius 3 is 2.45 bits per heavy atom. The third-order valence-electron chi connectivity index (χ3n) is 3.71. The van der Waals surface area contributed by atoms with Gasteiger partial charge in [0.15, 0.2) is 0 Å². The van der Waals surface area contributed by atoms with Gasteiger partial charge >= 0.3 is 0 Å². The Morgan fingerprint density at radius 2 is 1.75 bits per heavy atom. The van der Waals surface area contributed by atoms with Crippen molar-refractivity contribution in [2.75, 3.05) is 29.0 Å². The van der Waals surface area contributed by atoms with Crippen molar-refractivity contribution in [1.29, 1.82) is 0 Å². The van der Waals surface area contributed by atoms with Gasteiger partial charge in [0.2, 0.25) is 0 Å². The number of nitrogen functional groups attached to an aromatic ring is 1. The molecular formula is C16H20N4. The van der Waals surface area contributed by atoms with E-state index < -0.39 is 0 Å². The van der Waals surface area contributed by atoms with Gasteiger partial charge in [-0.3, -0.25) is 0 Å². The molecule has 1 aromatic carbocycles. The molecule has 3 N–H and O–H groups in total. The number of hydrogen-bond acceptors (Lipinski definition) is 4. The molecule has 4 nitrogen and oxygen atoms in total. The molecule has 1 aliphatic rings. The smallest absolute Gasteiger partial charge is 0.147 e.